The van der Waals surface area contributed by atoms with E-state index in [0.717, 1.165) is 25.4 Å². The molecule has 3 nitrogen and oxygen atoms in total. The third kappa shape index (κ3) is 4.45. The highest BCUT2D eigenvalue weighted by molar-refractivity contribution is 5.31. The molecule has 1 aliphatic rings. The highest BCUT2D eigenvalue weighted by Gasteiger charge is 2.30. The Morgan fingerprint density at radius 3 is 2.95 bits per heavy atom. The summed E-state index contributed by atoms with van der Waals surface area (Å²) < 4.78 is 5.67. The van der Waals surface area contributed by atoms with Crippen LogP contribution in [-0.2, 0) is 0 Å². The number of nitrogens with zero attached hydrogens (tertiary/aromatic N) is 1. The molecule has 1 aliphatic heterocycles. The van der Waals surface area contributed by atoms with Gasteiger partial charge in [-0.3, -0.25) is 4.90 Å². The summed E-state index contributed by atoms with van der Waals surface area (Å²) in [7, 11) is 2.25. The molecule has 0 saturated carbocycles. The van der Waals surface area contributed by atoms with Crippen LogP contribution in [0.25, 0.3) is 0 Å². The molecule has 1 aromatic carbocycles. The Morgan fingerprint density at radius 1 is 1.33 bits per heavy atom. The van der Waals surface area contributed by atoms with E-state index in [1.165, 1.54) is 31.4 Å². The van der Waals surface area contributed by atoms with Gasteiger partial charge in [-0.25, -0.2) is 0 Å². The van der Waals surface area contributed by atoms with Crippen molar-refractivity contribution in [3.8, 4) is 5.75 Å². The fourth-order valence-corrected chi connectivity index (χ4v) is 3.42. The molecule has 0 aromatic heterocycles. The first-order valence-corrected chi connectivity index (χ1v) is 8.40. The van der Waals surface area contributed by atoms with Gasteiger partial charge in [-0.1, -0.05) is 19.1 Å². The first-order chi connectivity index (χ1) is 10.3. The molecule has 0 amide bonds. The van der Waals surface area contributed by atoms with E-state index in [-0.39, 0.29) is 0 Å². The average molecular weight is 290 g/mol. The van der Waals surface area contributed by atoms with Crippen LogP contribution in [-0.4, -0.2) is 38.2 Å². The third-order valence-electron chi connectivity index (χ3n) is 4.35. The number of hydrogen-bond donors (Lipinski definition) is 1. The highest BCUT2D eigenvalue weighted by Crippen LogP contribution is 2.35. The van der Waals surface area contributed by atoms with Gasteiger partial charge in [-0.05, 0) is 76.5 Å². The van der Waals surface area contributed by atoms with E-state index >= 15 is 0 Å². The summed E-state index contributed by atoms with van der Waals surface area (Å²) in [4.78, 5) is 2.51. The Hall–Kier alpha value is -1.06. The Labute approximate surface area is 129 Å². The molecule has 2 unspecified atom stereocenters. The van der Waals surface area contributed by atoms with Crippen LogP contribution in [0.3, 0.4) is 0 Å². The minimum atomic E-state index is 0.503. The van der Waals surface area contributed by atoms with Gasteiger partial charge < -0.3 is 10.1 Å². The minimum Gasteiger partial charge on any atom is -0.494 e. The van der Waals surface area contributed by atoms with E-state index in [1.807, 2.05) is 6.92 Å². The number of likely N-dealkylation sites (tertiary alicyclic amines) is 1. The second kappa shape index (κ2) is 8.40. The van der Waals surface area contributed by atoms with E-state index in [2.05, 4.69) is 48.5 Å². The lowest BCUT2D eigenvalue weighted by Crippen LogP contribution is -2.40. The van der Waals surface area contributed by atoms with Gasteiger partial charge in [0.1, 0.15) is 5.75 Å². The maximum atomic E-state index is 5.67. The number of rotatable bonds is 7. The van der Waals surface area contributed by atoms with Crippen LogP contribution in [0, 0.1) is 5.92 Å². The van der Waals surface area contributed by atoms with Gasteiger partial charge in [-0.15, -0.1) is 0 Å². The van der Waals surface area contributed by atoms with Crippen molar-refractivity contribution in [1.82, 2.24) is 10.2 Å². The highest BCUT2D eigenvalue weighted by atomic mass is 16.5. The van der Waals surface area contributed by atoms with E-state index < -0.39 is 0 Å². The third-order valence-corrected chi connectivity index (χ3v) is 4.35. The maximum absolute atomic E-state index is 5.67. The molecule has 0 aliphatic carbocycles. The molecular weight excluding hydrogens is 260 g/mol. The van der Waals surface area contributed by atoms with Crippen molar-refractivity contribution in [1.29, 1.82) is 0 Å². The minimum absolute atomic E-state index is 0.503. The zero-order chi connectivity index (χ0) is 15.1. The van der Waals surface area contributed by atoms with Crippen molar-refractivity contribution in [3.05, 3.63) is 29.8 Å². The maximum Gasteiger partial charge on any atom is 0.119 e. The summed E-state index contributed by atoms with van der Waals surface area (Å²) in [6.07, 6.45) is 3.81. The van der Waals surface area contributed by atoms with Crippen molar-refractivity contribution < 1.29 is 4.74 Å². The Bertz CT molecular complexity index is 421. The molecule has 1 heterocycles. The van der Waals surface area contributed by atoms with Gasteiger partial charge in [0.25, 0.3) is 0 Å². The van der Waals surface area contributed by atoms with Crippen LogP contribution in [0.2, 0.25) is 0 Å². The molecule has 1 N–H and O–H groups in total. The summed E-state index contributed by atoms with van der Waals surface area (Å²) in [5, 5.41) is 3.61. The molecule has 0 bridgehead atoms. The second-order valence-corrected chi connectivity index (χ2v) is 6.04. The van der Waals surface area contributed by atoms with Gasteiger partial charge in [-0.2, -0.15) is 0 Å². The van der Waals surface area contributed by atoms with E-state index in [1.54, 1.807) is 0 Å². The van der Waals surface area contributed by atoms with E-state index in [0.29, 0.717) is 12.0 Å². The van der Waals surface area contributed by atoms with E-state index in [4.69, 9.17) is 4.74 Å². The predicted molar refractivity (Wildman–Crippen MR) is 88.9 cm³/mol. The zero-order valence-electron chi connectivity index (χ0n) is 13.8. The molecule has 2 atom stereocenters. The van der Waals surface area contributed by atoms with Crippen molar-refractivity contribution in [2.45, 2.75) is 39.2 Å². The second-order valence-electron chi connectivity index (χ2n) is 6.04. The largest absolute Gasteiger partial charge is 0.494 e. The summed E-state index contributed by atoms with van der Waals surface area (Å²) >= 11 is 0. The van der Waals surface area contributed by atoms with Crippen molar-refractivity contribution in [2.24, 2.45) is 5.92 Å². The van der Waals surface area contributed by atoms with Crippen LogP contribution in [0.5, 0.6) is 5.75 Å². The molecule has 21 heavy (non-hydrogen) atoms. The van der Waals surface area contributed by atoms with Gasteiger partial charge >= 0.3 is 0 Å². The van der Waals surface area contributed by atoms with Crippen molar-refractivity contribution >= 4 is 0 Å². The van der Waals surface area contributed by atoms with Gasteiger partial charge in [0.05, 0.1) is 6.61 Å². The zero-order valence-corrected chi connectivity index (χ0v) is 13.8. The molecule has 2 rings (SSSR count). The Morgan fingerprint density at radius 2 is 2.19 bits per heavy atom. The molecule has 0 spiro atoms. The lowest BCUT2D eigenvalue weighted by Gasteiger charge is -2.40. The van der Waals surface area contributed by atoms with Crippen molar-refractivity contribution in [2.75, 3.05) is 33.3 Å². The predicted octanol–water partition coefficient (Wildman–Crippen LogP) is 3.47. The van der Waals surface area contributed by atoms with Crippen LogP contribution in [0.1, 0.15) is 44.7 Å². The number of hydrogen-bond acceptors (Lipinski definition) is 3. The molecule has 118 valence electrons. The first kappa shape index (κ1) is 16.3. The molecule has 3 heteroatoms. The molecule has 1 aromatic rings. The number of benzene rings is 1. The standard InChI is InChI=1S/C18H30N2O/c1-4-11-19-14-16-9-7-12-20(3)18(16)15-8-6-10-17(13-15)21-5-2/h6,8,10,13,16,18-19H,4-5,7,9,11-12,14H2,1-3H3. The summed E-state index contributed by atoms with van der Waals surface area (Å²) in [6, 6.07) is 9.16. The van der Waals surface area contributed by atoms with Gasteiger partial charge in [0, 0.05) is 6.04 Å². The quantitative estimate of drug-likeness (QED) is 0.778. The summed E-state index contributed by atoms with van der Waals surface area (Å²) in [5.41, 5.74) is 1.39. The molecular formula is C18H30N2O. The Kier molecular flexibility index (Phi) is 6.52. The van der Waals surface area contributed by atoms with E-state index in [9.17, 15) is 0 Å². The fraction of sp³-hybridized carbons (Fsp3) is 0.667. The Balaban J connectivity index is 2.12. The first-order valence-electron chi connectivity index (χ1n) is 8.40. The lowest BCUT2D eigenvalue weighted by atomic mass is 9.85. The van der Waals surface area contributed by atoms with Crippen LogP contribution < -0.4 is 10.1 Å². The molecule has 0 radical (unpaired) electrons. The normalized spacial score (nSPS) is 23.2. The summed E-state index contributed by atoms with van der Waals surface area (Å²) in [6.45, 7) is 8.41. The van der Waals surface area contributed by atoms with Crippen LogP contribution >= 0.6 is 0 Å². The number of nitrogens with one attached hydrogen (secondary N) is 1. The smallest absolute Gasteiger partial charge is 0.119 e. The number of ether oxygens (including phenoxy) is 1. The molecule has 1 fully saturated rings. The van der Waals surface area contributed by atoms with Gasteiger partial charge in [0.2, 0.25) is 0 Å². The van der Waals surface area contributed by atoms with Crippen LogP contribution in [0.4, 0.5) is 0 Å². The average Bonchev–Trinajstić information content (AvgIpc) is 2.48. The monoisotopic (exact) mass is 290 g/mol. The summed E-state index contributed by atoms with van der Waals surface area (Å²) in [5.74, 6) is 1.68. The number of piperidine rings is 1. The fourth-order valence-electron chi connectivity index (χ4n) is 3.42. The lowest BCUT2D eigenvalue weighted by molar-refractivity contribution is 0.119. The SMILES string of the molecule is CCCNCC1CCCN(C)C1c1cccc(OCC)c1. The van der Waals surface area contributed by atoms with Gasteiger partial charge in [0.15, 0.2) is 0 Å². The topological polar surface area (TPSA) is 24.5 Å². The molecule has 1 saturated heterocycles. The van der Waals surface area contributed by atoms with Crippen molar-refractivity contribution in [3.63, 3.8) is 0 Å². The van der Waals surface area contributed by atoms with Crippen LogP contribution in [0.15, 0.2) is 24.3 Å².